The lowest BCUT2D eigenvalue weighted by Gasteiger charge is -2.24. The van der Waals surface area contributed by atoms with Gasteiger partial charge in [-0.1, -0.05) is 6.07 Å². The molecule has 2 aromatic heterocycles. The Hall–Kier alpha value is -1.88. The fraction of sp³-hybridized carbons (Fsp3) is 0.556. The number of nitrogens with zero attached hydrogens (tertiary/aromatic N) is 3. The van der Waals surface area contributed by atoms with Crippen LogP contribution in [0.3, 0.4) is 0 Å². The zero-order chi connectivity index (χ0) is 15.6. The van der Waals surface area contributed by atoms with Crippen LogP contribution >= 0.6 is 0 Å². The minimum absolute atomic E-state index is 0.294. The summed E-state index contributed by atoms with van der Waals surface area (Å²) in [5.41, 5.74) is 3.49. The lowest BCUT2D eigenvalue weighted by molar-refractivity contribution is 0.0657. The quantitative estimate of drug-likeness (QED) is 0.918. The normalized spacial score (nSPS) is 20.4. The number of hydrogen-bond acceptors (Lipinski definition) is 4. The zero-order valence-electron chi connectivity index (χ0n) is 13.6. The molecule has 0 spiro atoms. The maximum absolute atomic E-state index is 5.46. The minimum atomic E-state index is 0.294. The van der Waals surface area contributed by atoms with Crippen LogP contribution in [0.2, 0.25) is 0 Å². The minimum Gasteiger partial charge on any atom is -0.381 e. The van der Waals surface area contributed by atoms with Crippen molar-refractivity contribution in [2.75, 3.05) is 18.5 Å². The number of pyridine rings is 1. The first kappa shape index (κ1) is 14.7. The van der Waals surface area contributed by atoms with Crippen molar-refractivity contribution in [2.24, 2.45) is 5.92 Å². The van der Waals surface area contributed by atoms with E-state index in [2.05, 4.69) is 39.1 Å². The predicted octanol–water partition coefficient (Wildman–Crippen LogP) is 3.50. The van der Waals surface area contributed by atoms with Crippen LogP contribution in [-0.4, -0.2) is 28.0 Å². The van der Waals surface area contributed by atoms with Crippen LogP contribution in [0.4, 0.5) is 5.69 Å². The van der Waals surface area contributed by atoms with E-state index in [4.69, 9.17) is 4.74 Å². The lowest BCUT2D eigenvalue weighted by atomic mass is 10.1. The Morgan fingerprint density at radius 2 is 2.04 bits per heavy atom. The number of nitrogens with one attached hydrogen (secondary N) is 1. The van der Waals surface area contributed by atoms with Crippen LogP contribution in [0.15, 0.2) is 30.6 Å². The highest BCUT2D eigenvalue weighted by atomic mass is 16.5. The van der Waals surface area contributed by atoms with Crippen LogP contribution in [0.1, 0.15) is 49.2 Å². The van der Waals surface area contributed by atoms with E-state index in [0.717, 1.165) is 37.4 Å². The van der Waals surface area contributed by atoms with E-state index < -0.39 is 0 Å². The molecule has 3 heterocycles. The number of anilines is 1. The summed E-state index contributed by atoms with van der Waals surface area (Å²) in [5.74, 6) is 0.690. The van der Waals surface area contributed by atoms with Crippen molar-refractivity contribution in [3.63, 3.8) is 0 Å². The Balaban J connectivity index is 1.54. The summed E-state index contributed by atoms with van der Waals surface area (Å²) in [7, 11) is 0. The highest BCUT2D eigenvalue weighted by Crippen LogP contribution is 2.42. The van der Waals surface area contributed by atoms with Crippen LogP contribution in [0.25, 0.3) is 0 Å². The first-order valence-corrected chi connectivity index (χ1v) is 8.62. The van der Waals surface area contributed by atoms with Gasteiger partial charge in [-0.2, -0.15) is 5.10 Å². The molecule has 5 heteroatoms. The summed E-state index contributed by atoms with van der Waals surface area (Å²) in [6.45, 7) is 3.84. The second kappa shape index (κ2) is 6.32. The highest BCUT2D eigenvalue weighted by molar-refractivity contribution is 5.48. The third-order valence-electron chi connectivity index (χ3n) is 4.99. The number of ether oxygens (including phenoxy) is 1. The molecule has 1 unspecified atom stereocenters. The Kier molecular flexibility index (Phi) is 4.04. The van der Waals surface area contributed by atoms with Crippen molar-refractivity contribution in [2.45, 2.75) is 44.7 Å². The third-order valence-corrected chi connectivity index (χ3v) is 4.99. The fourth-order valence-electron chi connectivity index (χ4n) is 3.45. The Labute approximate surface area is 137 Å². The van der Waals surface area contributed by atoms with E-state index in [0.29, 0.717) is 18.0 Å². The van der Waals surface area contributed by atoms with Crippen LogP contribution in [0, 0.1) is 12.8 Å². The predicted molar refractivity (Wildman–Crippen MR) is 89.4 cm³/mol. The van der Waals surface area contributed by atoms with E-state index in [1.165, 1.54) is 18.5 Å². The lowest BCUT2D eigenvalue weighted by Crippen LogP contribution is -2.21. The molecule has 0 radical (unpaired) electrons. The SMILES string of the molecule is Cc1c(NC(c2ccccn2)C2CC2)cnn1C1CCOCC1. The van der Waals surface area contributed by atoms with Crippen LogP contribution in [-0.2, 0) is 4.74 Å². The zero-order valence-corrected chi connectivity index (χ0v) is 13.6. The second-order valence-corrected chi connectivity index (χ2v) is 6.65. The molecular weight excluding hydrogens is 288 g/mol. The second-order valence-electron chi connectivity index (χ2n) is 6.65. The number of hydrogen-bond donors (Lipinski definition) is 1. The standard InChI is InChI=1S/C18H24N4O/c1-13-17(12-20-22(13)15-7-10-23-11-8-15)21-18(14-5-6-14)16-4-2-3-9-19-16/h2-4,9,12,14-15,18,21H,5-8,10-11H2,1H3. The van der Waals surface area contributed by atoms with Gasteiger partial charge in [-0.3, -0.25) is 9.67 Å². The van der Waals surface area contributed by atoms with Gasteiger partial charge in [0.2, 0.25) is 0 Å². The third kappa shape index (κ3) is 3.11. The Morgan fingerprint density at radius 1 is 1.22 bits per heavy atom. The van der Waals surface area contributed by atoms with Gasteiger partial charge in [0.25, 0.3) is 0 Å². The molecule has 0 amide bonds. The van der Waals surface area contributed by atoms with Gasteiger partial charge in [0.15, 0.2) is 0 Å². The molecule has 5 nitrogen and oxygen atoms in total. The molecule has 2 aromatic rings. The maximum Gasteiger partial charge on any atom is 0.0761 e. The van der Waals surface area contributed by atoms with Gasteiger partial charge >= 0.3 is 0 Å². The number of rotatable bonds is 5. The maximum atomic E-state index is 5.46. The average molecular weight is 312 g/mol. The molecule has 1 aliphatic heterocycles. The van der Waals surface area contributed by atoms with Gasteiger partial charge in [-0.05, 0) is 50.7 Å². The van der Waals surface area contributed by atoms with Gasteiger partial charge in [0.05, 0.1) is 35.4 Å². The van der Waals surface area contributed by atoms with Gasteiger partial charge in [-0.25, -0.2) is 0 Å². The first-order valence-electron chi connectivity index (χ1n) is 8.62. The summed E-state index contributed by atoms with van der Waals surface area (Å²) >= 11 is 0. The molecule has 2 aliphatic rings. The van der Waals surface area contributed by atoms with Crippen LogP contribution < -0.4 is 5.32 Å². The van der Waals surface area contributed by atoms with Crippen molar-refractivity contribution in [3.05, 3.63) is 42.0 Å². The van der Waals surface area contributed by atoms with Gasteiger partial charge in [-0.15, -0.1) is 0 Å². The molecule has 0 aromatic carbocycles. The van der Waals surface area contributed by atoms with E-state index in [9.17, 15) is 0 Å². The van der Waals surface area contributed by atoms with Crippen molar-refractivity contribution < 1.29 is 4.74 Å². The van der Waals surface area contributed by atoms with Gasteiger partial charge in [0.1, 0.15) is 0 Å². The topological polar surface area (TPSA) is 52.0 Å². The first-order chi connectivity index (χ1) is 11.3. The summed E-state index contributed by atoms with van der Waals surface area (Å²) in [5, 5.41) is 8.35. The fourth-order valence-corrected chi connectivity index (χ4v) is 3.45. The summed E-state index contributed by atoms with van der Waals surface area (Å²) in [4.78, 5) is 4.56. The van der Waals surface area contributed by atoms with Gasteiger partial charge in [0, 0.05) is 19.4 Å². The van der Waals surface area contributed by atoms with Crippen molar-refractivity contribution in [1.29, 1.82) is 0 Å². The van der Waals surface area contributed by atoms with Crippen molar-refractivity contribution in [3.8, 4) is 0 Å². The van der Waals surface area contributed by atoms with E-state index >= 15 is 0 Å². The Bertz CT molecular complexity index is 644. The average Bonchev–Trinajstić information content (AvgIpc) is 3.38. The van der Waals surface area contributed by atoms with Crippen molar-refractivity contribution >= 4 is 5.69 Å². The molecular formula is C18H24N4O. The molecule has 1 saturated carbocycles. The molecule has 1 atom stereocenters. The largest absolute Gasteiger partial charge is 0.381 e. The van der Waals surface area contributed by atoms with E-state index in [-0.39, 0.29) is 0 Å². The molecule has 23 heavy (non-hydrogen) atoms. The van der Waals surface area contributed by atoms with Crippen LogP contribution in [0.5, 0.6) is 0 Å². The van der Waals surface area contributed by atoms with Crippen molar-refractivity contribution in [1.82, 2.24) is 14.8 Å². The molecule has 2 fully saturated rings. The highest BCUT2D eigenvalue weighted by Gasteiger charge is 2.34. The van der Waals surface area contributed by atoms with E-state index in [1.807, 2.05) is 18.5 Å². The molecule has 1 N–H and O–H groups in total. The molecule has 1 aliphatic carbocycles. The Morgan fingerprint density at radius 3 is 2.74 bits per heavy atom. The van der Waals surface area contributed by atoms with E-state index in [1.54, 1.807) is 0 Å². The van der Waals surface area contributed by atoms with Gasteiger partial charge < -0.3 is 10.1 Å². The molecule has 0 bridgehead atoms. The molecule has 1 saturated heterocycles. The smallest absolute Gasteiger partial charge is 0.0761 e. The molecule has 4 rings (SSSR count). The summed E-state index contributed by atoms with van der Waals surface area (Å²) in [6, 6.07) is 6.92. The summed E-state index contributed by atoms with van der Waals surface area (Å²) in [6.07, 6.45) is 8.51. The molecule has 122 valence electrons. The number of aromatic nitrogens is 3. The monoisotopic (exact) mass is 312 g/mol. The summed E-state index contributed by atoms with van der Waals surface area (Å²) < 4.78 is 7.64.